The summed E-state index contributed by atoms with van der Waals surface area (Å²) >= 11 is 6.41. The van der Waals surface area contributed by atoms with Crippen LogP contribution in [0.3, 0.4) is 0 Å². The number of benzene rings is 4. The maximum Gasteiger partial charge on any atom is 0.0604 e. The monoisotopic (exact) mass is 439 g/mol. The fourth-order valence-corrected chi connectivity index (χ4v) is 5.46. The number of rotatable bonds is 5. The van der Waals surface area contributed by atoms with Crippen LogP contribution in [0.1, 0.15) is 23.6 Å². The van der Waals surface area contributed by atoms with Crippen LogP contribution in [-0.2, 0) is 12.8 Å². The van der Waals surface area contributed by atoms with E-state index in [4.69, 9.17) is 0 Å². The fraction of sp³-hybridized carbons (Fsp3) is 0.143. The van der Waals surface area contributed by atoms with Gasteiger partial charge in [-0.3, -0.25) is 0 Å². The molecule has 1 aliphatic heterocycles. The van der Waals surface area contributed by atoms with Gasteiger partial charge in [-0.1, -0.05) is 79.3 Å². The van der Waals surface area contributed by atoms with Crippen LogP contribution in [0.15, 0.2) is 107 Å². The molecule has 0 fully saturated rings. The number of anilines is 3. The van der Waals surface area contributed by atoms with Gasteiger partial charge in [0.2, 0.25) is 0 Å². The van der Waals surface area contributed by atoms with E-state index >= 15 is 0 Å². The molecule has 1 unspecified atom stereocenters. The van der Waals surface area contributed by atoms with Gasteiger partial charge in [-0.15, -0.1) is 0 Å². The number of hydrogen-bond donors (Lipinski definition) is 1. The van der Waals surface area contributed by atoms with Crippen molar-refractivity contribution in [3.63, 3.8) is 0 Å². The van der Waals surface area contributed by atoms with Crippen molar-refractivity contribution in [3.8, 4) is 0 Å². The third-order valence-corrected chi connectivity index (χ3v) is 6.85. The Morgan fingerprint density at radius 3 is 2.26 bits per heavy atom. The van der Waals surface area contributed by atoms with Gasteiger partial charge in [-0.25, -0.2) is 0 Å². The quantitative estimate of drug-likeness (QED) is 0.276. The van der Waals surface area contributed by atoms with Crippen molar-refractivity contribution in [2.45, 2.75) is 34.8 Å². The molecule has 1 nitrogen and oxygen atoms in total. The Hall–Kier alpha value is -2.62. The molecule has 0 aliphatic carbocycles. The number of fused-ring (bicyclic) bond motifs is 2. The first-order chi connectivity index (χ1) is 15.2. The predicted octanol–water partition coefficient (Wildman–Crippen LogP) is 8.07. The van der Waals surface area contributed by atoms with Crippen LogP contribution in [0, 0.1) is 0 Å². The van der Waals surface area contributed by atoms with Crippen LogP contribution in [-0.4, -0.2) is 5.25 Å². The van der Waals surface area contributed by atoms with Crippen molar-refractivity contribution in [1.82, 2.24) is 0 Å². The van der Waals surface area contributed by atoms with E-state index in [-0.39, 0.29) is 0 Å². The molecule has 1 aliphatic rings. The molecule has 0 N–H and O–H groups in total. The Balaban J connectivity index is 1.53. The van der Waals surface area contributed by atoms with Crippen LogP contribution < -0.4 is 4.90 Å². The van der Waals surface area contributed by atoms with Gasteiger partial charge in [-0.2, -0.15) is 12.6 Å². The van der Waals surface area contributed by atoms with Gasteiger partial charge in [0.25, 0.3) is 0 Å². The Kier molecular flexibility index (Phi) is 5.80. The van der Waals surface area contributed by atoms with Crippen LogP contribution in [0.4, 0.5) is 17.1 Å². The Morgan fingerprint density at radius 1 is 0.710 bits per heavy atom. The van der Waals surface area contributed by atoms with E-state index in [1.54, 1.807) is 0 Å². The van der Waals surface area contributed by atoms with Crippen LogP contribution in [0.25, 0.3) is 0 Å². The highest BCUT2D eigenvalue weighted by atomic mass is 32.2. The normalized spacial score (nSPS) is 13.4. The molecule has 0 spiro atoms. The average molecular weight is 440 g/mol. The van der Waals surface area contributed by atoms with E-state index < -0.39 is 0 Å². The summed E-state index contributed by atoms with van der Waals surface area (Å²) in [6.45, 7) is 2.15. The molecular formula is C28H25NS2. The number of thiol groups is 1. The van der Waals surface area contributed by atoms with Gasteiger partial charge in [0.05, 0.1) is 11.4 Å². The summed E-state index contributed by atoms with van der Waals surface area (Å²) in [4.78, 5) is 4.98. The van der Waals surface area contributed by atoms with Crippen molar-refractivity contribution in [2.24, 2.45) is 0 Å². The molecule has 31 heavy (non-hydrogen) atoms. The second kappa shape index (κ2) is 8.86. The minimum atomic E-state index is 0.371. The largest absolute Gasteiger partial charge is 0.308 e. The first-order valence-corrected chi connectivity index (χ1v) is 12.0. The summed E-state index contributed by atoms with van der Waals surface area (Å²) in [5.41, 5.74) is 7.73. The lowest BCUT2D eigenvalue weighted by molar-refractivity contribution is 0.946. The van der Waals surface area contributed by atoms with Crippen molar-refractivity contribution in [2.75, 3.05) is 4.90 Å². The lowest BCUT2D eigenvalue weighted by Crippen LogP contribution is -2.15. The van der Waals surface area contributed by atoms with Gasteiger partial charge >= 0.3 is 0 Å². The molecule has 0 saturated heterocycles. The lowest BCUT2D eigenvalue weighted by atomic mass is 10.00. The number of nitrogens with zero attached hydrogens (tertiary/aromatic N) is 1. The van der Waals surface area contributed by atoms with Crippen LogP contribution in [0.5, 0.6) is 0 Å². The molecule has 3 heteroatoms. The van der Waals surface area contributed by atoms with Gasteiger partial charge in [0.1, 0.15) is 0 Å². The zero-order valence-corrected chi connectivity index (χ0v) is 19.2. The maximum absolute atomic E-state index is 4.56. The van der Waals surface area contributed by atoms with Crippen molar-refractivity contribution in [1.29, 1.82) is 0 Å². The molecule has 0 saturated carbocycles. The molecule has 1 heterocycles. The fourth-order valence-electron chi connectivity index (χ4n) is 4.21. The van der Waals surface area contributed by atoms with E-state index in [1.807, 2.05) is 11.8 Å². The molecule has 4 aromatic carbocycles. The molecule has 1 atom stereocenters. The zero-order valence-electron chi connectivity index (χ0n) is 17.5. The maximum atomic E-state index is 4.56. The van der Waals surface area contributed by atoms with E-state index in [0.717, 1.165) is 12.8 Å². The van der Waals surface area contributed by atoms with Gasteiger partial charge in [0, 0.05) is 20.7 Å². The van der Waals surface area contributed by atoms with Gasteiger partial charge in [-0.05, 0) is 65.9 Å². The SMILES string of the molecule is CC(S)Cc1cccc(Cc2ccc3c(c2)N(c2ccccc2)c2ccccc2S3)c1. The third kappa shape index (κ3) is 4.39. The summed E-state index contributed by atoms with van der Waals surface area (Å²) in [5.74, 6) is 0. The standard InChI is InChI=1S/C28H25NS2/c1-20(30)16-21-8-7-9-22(17-21)18-23-14-15-28-26(19-23)29(24-10-3-2-4-11-24)25-12-5-6-13-27(25)31-28/h2-15,17,19-20,30H,16,18H2,1H3. The Morgan fingerprint density at radius 2 is 1.42 bits per heavy atom. The van der Waals surface area contributed by atoms with E-state index in [1.165, 1.54) is 43.5 Å². The molecular weight excluding hydrogens is 414 g/mol. The summed E-state index contributed by atoms with van der Waals surface area (Å²) < 4.78 is 0. The summed E-state index contributed by atoms with van der Waals surface area (Å²) in [5, 5.41) is 0.371. The summed E-state index contributed by atoms with van der Waals surface area (Å²) in [6, 6.07) is 35.2. The molecule has 4 aromatic rings. The summed E-state index contributed by atoms with van der Waals surface area (Å²) in [7, 11) is 0. The Bertz CT molecular complexity index is 1200. The van der Waals surface area contributed by atoms with E-state index in [0.29, 0.717) is 5.25 Å². The zero-order chi connectivity index (χ0) is 21.2. The van der Waals surface area contributed by atoms with E-state index in [2.05, 4.69) is 122 Å². The van der Waals surface area contributed by atoms with Crippen molar-refractivity contribution >= 4 is 41.5 Å². The molecule has 154 valence electrons. The smallest absolute Gasteiger partial charge is 0.0604 e. The Labute approximate surface area is 194 Å². The van der Waals surface area contributed by atoms with Crippen LogP contribution >= 0.6 is 24.4 Å². The number of hydrogen-bond acceptors (Lipinski definition) is 3. The van der Waals surface area contributed by atoms with E-state index in [9.17, 15) is 0 Å². The lowest BCUT2D eigenvalue weighted by Gasteiger charge is -2.33. The van der Waals surface area contributed by atoms with Crippen molar-refractivity contribution in [3.05, 3.63) is 114 Å². The highest BCUT2D eigenvalue weighted by Gasteiger charge is 2.24. The number of para-hydroxylation sites is 2. The minimum Gasteiger partial charge on any atom is -0.308 e. The molecule has 0 radical (unpaired) electrons. The molecule has 5 rings (SSSR count). The first-order valence-electron chi connectivity index (χ1n) is 10.7. The molecule has 0 bridgehead atoms. The predicted molar refractivity (Wildman–Crippen MR) is 137 cm³/mol. The van der Waals surface area contributed by atoms with Gasteiger partial charge in [0.15, 0.2) is 0 Å². The second-order valence-electron chi connectivity index (χ2n) is 8.09. The topological polar surface area (TPSA) is 3.24 Å². The first kappa shape index (κ1) is 20.3. The van der Waals surface area contributed by atoms with Gasteiger partial charge < -0.3 is 4.90 Å². The van der Waals surface area contributed by atoms with Crippen molar-refractivity contribution < 1.29 is 0 Å². The summed E-state index contributed by atoms with van der Waals surface area (Å²) in [6.07, 6.45) is 1.92. The minimum absolute atomic E-state index is 0.371. The highest BCUT2D eigenvalue weighted by molar-refractivity contribution is 7.99. The second-order valence-corrected chi connectivity index (χ2v) is 10.1. The highest BCUT2D eigenvalue weighted by Crippen LogP contribution is 2.51. The molecule has 0 amide bonds. The van der Waals surface area contributed by atoms with Crippen LogP contribution in [0.2, 0.25) is 0 Å². The molecule has 0 aromatic heterocycles. The average Bonchev–Trinajstić information content (AvgIpc) is 2.78. The third-order valence-electron chi connectivity index (χ3n) is 5.54.